The summed E-state index contributed by atoms with van der Waals surface area (Å²) in [5, 5.41) is 6.46. The van der Waals surface area contributed by atoms with Crippen LogP contribution in [-0.2, 0) is 10.0 Å². The standard InChI is InChI=1S/C15H16FN3O3S/c1-11-15(12(2)19-18-11)23(20,21)17-9-5-6-10-22-14-8-4-3-7-13(14)16/h3-4,7-8,17H,9-10H2,1-2H3,(H,18,19). The Labute approximate surface area is 134 Å². The summed E-state index contributed by atoms with van der Waals surface area (Å²) in [6.07, 6.45) is 0. The Balaban J connectivity index is 1.87. The second kappa shape index (κ2) is 7.26. The van der Waals surface area contributed by atoms with Gasteiger partial charge in [-0.2, -0.15) is 9.82 Å². The molecule has 2 aromatic rings. The number of H-pyrrole nitrogens is 1. The van der Waals surface area contributed by atoms with Crippen LogP contribution in [0.2, 0.25) is 0 Å². The average Bonchev–Trinajstić information content (AvgIpc) is 2.84. The van der Waals surface area contributed by atoms with Crippen molar-refractivity contribution in [2.24, 2.45) is 0 Å². The topological polar surface area (TPSA) is 84.1 Å². The SMILES string of the molecule is Cc1n[nH]c(C)c1S(=O)(=O)NCC#CCOc1ccccc1F. The molecule has 0 saturated heterocycles. The molecule has 1 heterocycles. The summed E-state index contributed by atoms with van der Waals surface area (Å²) in [7, 11) is -3.67. The van der Waals surface area contributed by atoms with Gasteiger partial charge in [0.2, 0.25) is 10.0 Å². The fourth-order valence-corrected chi connectivity index (χ4v) is 3.22. The van der Waals surface area contributed by atoms with Crippen molar-refractivity contribution in [3.63, 3.8) is 0 Å². The zero-order valence-corrected chi connectivity index (χ0v) is 13.5. The second-order valence-corrected chi connectivity index (χ2v) is 6.36. The van der Waals surface area contributed by atoms with Gasteiger partial charge in [-0.15, -0.1) is 0 Å². The van der Waals surface area contributed by atoms with E-state index >= 15 is 0 Å². The first-order chi connectivity index (χ1) is 10.9. The molecule has 0 bridgehead atoms. The number of aromatic nitrogens is 2. The highest BCUT2D eigenvalue weighted by atomic mass is 32.2. The molecule has 2 N–H and O–H groups in total. The maximum absolute atomic E-state index is 13.3. The highest BCUT2D eigenvalue weighted by Gasteiger charge is 2.21. The number of benzene rings is 1. The number of ether oxygens (including phenoxy) is 1. The number of nitrogens with one attached hydrogen (secondary N) is 2. The van der Waals surface area contributed by atoms with Crippen LogP contribution in [0.15, 0.2) is 29.2 Å². The maximum atomic E-state index is 13.3. The molecule has 0 aliphatic heterocycles. The van der Waals surface area contributed by atoms with E-state index in [1.54, 1.807) is 26.0 Å². The van der Waals surface area contributed by atoms with Gasteiger partial charge in [0.1, 0.15) is 11.5 Å². The molecule has 0 radical (unpaired) electrons. The predicted molar refractivity (Wildman–Crippen MR) is 82.9 cm³/mol. The highest BCUT2D eigenvalue weighted by molar-refractivity contribution is 7.89. The Morgan fingerprint density at radius 1 is 1.30 bits per heavy atom. The van der Waals surface area contributed by atoms with Crippen LogP contribution in [0.1, 0.15) is 11.4 Å². The van der Waals surface area contributed by atoms with Crippen LogP contribution in [0.5, 0.6) is 5.75 Å². The first-order valence-corrected chi connectivity index (χ1v) is 8.24. The van der Waals surface area contributed by atoms with E-state index in [0.29, 0.717) is 11.4 Å². The molecular weight excluding hydrogens is 321 g/mol. The van der Waals surface area contributed by atoms with Crippen molar-refractivity contribution in [3.8, 4) is 17.6 Å². The van der Waals surface area contributed by atoms with Crippen molar-refractivity contribution >= 4 is 10.0 Å². The van der Waals surface area contributed by atoms with E-state index in [9.17, 15) is 12.8 Å². The molecule has 23 heavy (non-hydrogen) atoms. The van der Waals surface area contributed by atoms with Gasteiger partial charge in [0.05, 0.1) is 17.9 Å². The average molecular weight is 337 g/mol. The third kappa shape index (κ3) is 4.31. The fraction of sp³-hybridized carbons (Fsp3) is 0.267. The number of rotatable bonds is 5. The molecule has 0 amide bonds. The van der Waals surface area contributed by atoms with Crippen molar-refractivity contribution in [1.29, 1.82) is 0 Å². The summed E-state index contributed by atoms with van der Waals surface area (Å²) < 4.78 is 45.0. The molecule has 2 rings (SSSR count). The molecule has 8 heteroatoms. The third-order valence-electron chi connectivity index (χ3n) is 2.94. The van der Waals surface area contributed by atoms with Gasteiger partial charge in [-0.05, 0) is 26.0 Å². The number of halogens is 1. The third-order valence-corrected chi connectivity index (χ3v) is 4.60. The molecule has 122 valence electrons. The van der Waals surface area contributed by atoms with E-state index in [4.69, 9.17) is 4.74 Å². The summed E-state index contributed by atoms with van der Waals surface area (Å²) >= 11 is 0. The number of aromatic amines is 1. The molecule has 0 atom stereocenters. The molecule has 0 aliphatic carbocycles. The van der Waals surface area contributed by atoms with E-state index in [1.807, 2.05) is 0 Å². The molecular formula is C15H16FN3O3S. The van der Waals surface area contributed by atoms with Crippen LogP contribution >= 0.6 is 0 Å². The van der Waals surface area contributed by atoms with Gasteiger partial charge < -0.3 is 4.74 Å². The van der Waals surface area contributed by atoms with E-state index in [1.165, 1.54) is 12.1 Å². The molecule has 0 unspecified atom stereocenters. The Morgan fingerprint density at radius 3 is 2.70 bits per heavy atom. The van der Waals surface area contributed by atoms with Crippen molar-refractivity contribution in [1.82, 2.24) is 14.9 Å². The smallest absolute Gasteiger partial charge is 0.245 e. The minimum Gasteiger partial charge on any atom is -0.478 e. The number of nitrogens with zero attached hydrogens (tertiary/aromatic N) is 1. The minimum atomic E-state index is -3.67. The predicted octanol–water partition coefficient (Wildman–Crippen LogP) is 1.53. The largest absolute Gasteiger partial charge is 0.478 e. The number of sulfonamides is 1. The first kappa shape index (κ1) is 17.0. The van der Waals surface area contributed by atoms with Crippen molar-refractivity contribution < 1.29 is 17.5 Å². The van der Waals surface area contributed by atoms with Gasteiger partial charge in [-0.25, -0.2) is 12.8 Å². The monoisotopic (exact) mass is 337 g/mol. The number of hydrogen-bond donors (Lipinski definition) is 2. The van der Waals surface area contributed by atoms with Gasteiger partial charge in [-0.3, -0.25) is 5.10 Å². The normalized spacial score (nSPS) is 10.9. The van der Waals surface area contributed by atoms with Crippen LogP contribution < -0.4 is 9.46 Å². The lowest BCUT2D eigenvalue weighted by atomic mass is 10.3. The molecule has 0 aliphatic rings. The van der Waals surface area contributed by atoms with Crippen LogP contribution in [0, 0.1) is 31.5 Å². The highest BCUT2D eigenvalue weighted by Crippen LogP contribution is 2.16. The number of para-hydroxylation sites is 1. The van der Waals surface area contributed by atoms with Crippen LogP contribution in [0.4, 0.5) is 4.39 Å². The van der Waals surface area contributed by atoms with Crippen molar-refractivity contribution in [3.05, 3.63) is 41.5 Å². The Kier molecular flexibility index (Phi) is 5.36. The summed E-state index contributed by atoms with van der Waals surface area (Å²) in [4.78, 5) is 0.127. The van der Waals surface area contributed by atoms with E-state index in [2.05, 4.69) is 26.8 Å². The molecule has 1 aromatic carbocycles. The van der Waals surface area contributed by atoms with Gasteiger partial charge in [0.25, 0.3) is 0 Å². The van der Waals surface area contributed by atoms with Crippen molar-refractivity contribution in [2.45, 2.75) is 18.7 Å². The Hall–Kier alpha value is -2.37. The Morgan fingerprint density at radius 2 is 2.04 bits per heavy atom. The lowest BCUT2D eigenvalue weighted by Crippen LogP contribution is -2.25. The zero-order valence-electron chi connectivity index (χ0n) is 12.7. The quantitative estimate of drug-likeness (QED) is 0.811. The Bertz CT molecular complexity index is 831. The molecule has 0 fully saturated rings. The second-order valence-electron chi connectivity index (χ2n) is 4.66. The molecule has 0 spiro atoms. The lowest BCUT2D eigenvalue weighted by Gasteiger charge is -2.03. The van der Waals surface area contributed by atoms with Gasteiger partial charge in [0, 0.05) is 0 Å². The van der Waals surface area contributed by atoms with E-state index in [-0.39, 0.29) is 23.8 Å². The van der Waals surface area contributed by atoms with E-state index < -0.39 is 15.8 Å². The van der Waals surface area contributed by atoms with Gasteiger partial charge in [0.15, 0.2) is 11.6 Å². The summed E-state index contributed by atoms with van der Waals surface area (Å²) in [5.41, 5.74) is 0.858. The van der Waals surface area contributed by atoms with Crippen LogP contribution in [0.3, 0.4) is 0 Å². The number of hydrogen-bond acceptors (Lipinski definition) is 4. The lowest BCUT2D eigenvalue weighted by molar-refractivity contribution is 0.348. The fourth-order valence-electron chi connectivity index (χ4n) is 1.93. The first-order valence-electron chi connectivity index (χ1n) is 6.76. The minimum absolute atomic E-state index is 0.0353. The zero-order chi connectivity index (χ0) is 16.9. The maximum Gasteiger partial charge on any atom is 0.245 e. The summed E-state index contributed by atoms with van der Waals surface area (Å²) in [6.45, 7) is 3.12. The molecule has 1 aromatic heterocycles. The van der Waals surface area contributed by atoms with Gasteiger partial charge in [-0.1, -0.05) is 24.0 Å². The van der Waals surface area contributed by atoms with E-state index in [0.717, 1.165) is 0 Å². The number of aryl methyl sites for hydroxylation is 2. The van der Waals surface area contributed by atoms with Crippen LogP contribution in [-0.4, -0.2) is 31.8 Å². The van der Waals surface area contributed by atoms with Crippen molar-refractivity contribution in [2.75, 3.05) is 13.2 Å². The van der Waals surface area contributed by atoms with Crippen LogP contribution in [0.25, 0.3) is 0 Å². The van der Waals surface area contributed by atoms with Gasteiger partial charge >= 0.3 is 0 Å². The summed E-state index contributed by atoms with van der Waals surface area (Å²) in [5.74, 6) is 4.87. The molecule has 6 nitrogen and oxygen atoms in total. The summed E-state index contributed by atoms with van der Waals surface area (Å²) in [6, 6.07) is 5.98. The molecule has 0 saturated carbocycles.